The number of hydrogen-bond donors (Lipinski definition) is 2. The summed E-state index contributed by atoms with van der Waals surface area (Å²) in [6, 6.07) is 1.18. The molecule has 12 heteroatoms. The van der Waals surface area contributed by atoms with Crippen molar-refractivity contribution in [2.24, 2.45) is 17.0 Å². The number of aromatic nitrogens is 4. The predicted molar refractivity (Wildman–Crippen MR) is 84.0 cm³/mol. The van der Waals surface area contributed by atoms with Crippen molar-refractivity contribution < 1.29 is 17.2 Å². The van der Waals surface area contributed by atoms with Gasteiger partial charge in [-0.05, 0) is 24.7 Å². The summed E-state index contributed by atoms with van der Waals surface area (Å²) in [4.78, 5) is 7.62. The minimum Gasteiger partial charge on any atom is -0.370 e. The first kappa shape index (κ1) is 16.5. The molecule has 1 aliphatic heterocycles. The quantitative estimate of drug-likeness (QED) is 0.783. The number of nitrogens with one attached hydrogen (secondary N) is 1. The number of anilines is 1. The van der Waals surface area contributed by atoms with Gasteiger partial charge in [0.1, 0.15) is 17.8 Å². The molecule has 25 heavy (non-hydrogen) atoms. The number of fused-ring (bicyclic) bond motifs is 3. The van der Waals surface area contributed by atoms with E-state index in [4.69, 9.17) is 5.14 Å². The molecule has 3 heterocycles. The zero-order valence-corrected chi connectivity index (χ0v) is 13.9. The maximum Gasteiger partial charge on any atom is 0.280 e. The van der Waals surface area contributed by atoms with Gasteiger partial charge in [-0.2, -0.15) is 27.3 Å². The highest BCUT2D eigenvalue weighted by Gasteiger charge is 2.47. The Hall–Kier alpha value is -1.92. The second-order valence-corrected chi connectivity index (χ2v) is 7.98. The van der Waals surface area contributed by atoms with Gasteiger partial charge in [0.15, 0.2) is 0 Å². The molecule has 2 aromatic rings. The minimum atomic E-state index is -3.66. The largest absolute Gasteiger partial charge is 0.370 e. The van der Waals surface area contributed by atoms with Crippen LogP contribution >= 0.6 is 0 Å². The lowest BCUT2D eigenvalue weighted by atomic mass is 9.95. The maximum atomic E-state index is 13.0. The van der Waals surface area contributed by atoms with E-state index in [1.54, 1.807) is 0 Å². The van der Waals surface area contributed by atoms with E-state index < -0.39 is 16.6 Å². The fraction of sp³-hybridized carbons (Fsp3) is 0.615. The normalized spacial score (nSPS) is 26.8. The van der Waals surface area contributed by atoms with Crippen molar-refractivity contribution in [3.8, 4) is 0 Å². The number of halogens is 2. The molecular formula is C13H17F2N7O2S. The predicted octanol–water partition coefficient (Wildman–Crippen LogP) is 0.388. The van der Waals surface area contributed by atoms with Gasteiger partial charge in [-0.15, -0.1) is 0 Å². The fourth-order valence-electron chi connectivity index (χ4n) is 3.88. The summed E-state index contributed by atoms with van der Waals surface area (Å²) in [5, 5.41) is 12.3. The van der Waals surface area contributed by atoms with Gasteiger partial charge in [0.2, 0.25) is 0 Å². The average molecular weight is 373 g/mol. The van der Waals surface area contributed by atoms with Crippen LogP contribution in [0, 0.1) is 11.8 Å². The van der Waals surface area contributed by atoms with Crippen LogP contribution in [0.1, 0.15) is 25.0 Å². The van der Waals surface area contributed by atoms with Gasteiger partial charge < -0.3 is 5.32 Å². The van der Waals surface area contributed by atoms with Crippen molar-refractivity contribution in [3.63, 3.8) is 0 Å². The first-order chi connectivity index (χ1) is 11.8. The lowest BCUT2D eigenvalue weighted by Crippen LogP contribution is -2.44. The van der Waals surface area contributed by atoms with Crippen molar-refractivity contribution in [2.75, 3.05) is 18.4 Å². The third-order valence-corrected chi connectivity index (χ3v) is 6.11. The second kappa shape index (κ2) is 5.81. The van der Waals surface area contributed by atoms with Crippen molar-refractivity contribution >= 4 is 21.8 Å². The Morgan fingerprint density at radius 1 is 1.40 bits per heavy atom. The van der Waals surface area contributed by atoms with E-state index in [1.807, 2.05) is 0 Å². The Morgan fingerprint density at radius 2 is 2.20 bits per heavy atom. The summed E-state index contributed by atoms with van der Waals surface area (Å²) in [7, 11) is -3.66. The van der Waals surface area contributed by atoms with Gasteiger partial charge in [0.05, 0.1) is 0 Å². The first-order valence-corrected chi connectivity index (χ1v) is 9.35. The van der Waals surface area contributed by atoms with Crippen LogP contribution in [-0.4, -0.2) is 51.4 Å². The molecule has 0 amide bonds. The summed E-state index contributed by atoms with van der Waals surface area (Å²) < 4.78 is 51.7. The topological polar surface area (TPSA) is 119 Å². The minimum absolute atomic E-state index is 0.0766. The van der Waals surface area contributed by atoms with Crippen LogP contribution in [-0.2, 0) is 10.2 Å². The standard InChI is InChI=1S/C13H17F2N7O2S/c14-12(15)10-3-11(22-13(20-10)18-6-19-22)17-4-7-1-9-2-8(7)5-21(9)25(16,23)24/h3,6-9,12,17H,1-2,4-5H2,(H2,16,23,24)/t7-,8-,9?/m0/s1. The van der Waals surface area contributed by atoms with Crippen LogP contribution < -0.4 is 10.5 Å². The zero-order chi connectivity index (χ0) is 17.8. The summed E-state index contributed by atoms with van der Waals surface area (Å²) in [5.74, 6) is 0.945. The van der Waals surface area contributed by atoms with Crippen LogP contribution in [0.15, 0.2) is 12.4 Å². The molecule has 3 atom stereocenters. The van der Waals surface area contributed by atoms with Gasteiger partial charge in [0, 0.05) is 25.2 Å². The van der Waals surface area contributed by atoms with E-state index in [1.165, 1.54) is 21.2 Å². The summed E-state index contributed by atoms with van der Waals surface area (Å²) in [6.07, 6.45) is 0.0271. The number of nitrogens with two attached hydrogens (primary N) is 1. The highest BCUT2D eigenvalue weighted by Crippen LogP contribution is 2.42. The van der Waals surface area contributed by atoms with Crippen LogP contribution in [0.3, 0.4) is 0 Å². The molecule has 2 aliphatic rings. The Balaban J connectivity index is 1.48. The number of hydrogen-bond acceptors (Lipinski definition) is 6. The van der Waals surface area contributed by atoms with Crippen LogP contribution in [0.5, 0.6) is 0 Å². The monoisotopic (exact) mass is 373 g/mol. The van der Waals surface area contributed by atoms with E-state index in [2.05, 4.69) is 20.4 Å². The smallest absolute Gasteiger partial charge is 0.280 e. The molecule has 0 radical (unpaired) electrons. The SMILES string of the molecule is NS(=O)(=O)N1C[C@@H]2CC1C[C@H]2CNc1cc(C(F)F)nc2ncnn12. The molecule has 4 rings (SSSR count). The Labute approximate surface area is 142 Å². The molecule has 1 saturated heterocycles. The van der Waals surface area contributed by atoms with Crippen molar-refractivity contribution in [2.45, 2.75) is 25.3 Å². The summed E-state index contributed by atoms with van der Waals surface area (Å²) >= 11 is 0. The van der Waals surface area contributed by atoms with Crippen molar-refractivity contribution in [1.82, 2.24) is 23.9 Å². The van der Waals surface area contributed by atoms with Gasteiger partial charge in [-0.25, -0.2) is 18.9 Å². The molecule has 9 nitrogen and oxygen atoms in total. The molecular weight excluding hydrogens is 356 g/mol. The van der Waals surface area contributed by atoms with E-state index in [0.29, 0.717) is 25.3 Å². The van der Waals surface area contributed by atoms with Crippen molar-refractivity contribution in [1.29, 1.82) is 0 Å². The second-order valence-electron chi connectivity index (χ2n) is 6.48. The van der Waals surface area contributed by atoms with Crippen LogP contribution in [0.4, 0.5) is 14.6 Å². The number of piperidine rings is 1. The molecule has 2 fully saturated rings. The number of alkyl halides is 2. The van der Waals surface area contributed by atoms with E-state index in [-0.39, 0.29) is 29.3 Å². The molecule has 1 aliphatic carbocycles. The van der Waals surface area contributed by atoms with E-state index in [0.717, 1.165) is 6.42 Å². The fourth-order valence-corrected chi connectivity index (χ4v) is 4.87. The third kappa shape index (κ3) is 2.93. The first-order valence-electron chi connectivity index (χ1n) is 7.85. The van der Waals surface area contributed by atoms with Gasteiger partial charge in [-0.1, -0.05) is 0 Å². The van der Waals surface area contributed by atoms with Gasteiger partial charge in [-0.3, -0.25) is 0 Å². The molecule has 1 unspecified atom stereocenters. The highest BCUT2D eigenvalue weighted by molar-refractivity contribution is 7.86. The Morgan fingerprint density at radius 3 is 2.84 bits per heavy atom. The number of rotatable bonds is 5. The molecule has 2 aromatic heterocycles. The molecule has 0 aromatic carbocycles. The highest BCUT2D eigenvalue weighted by atomic mass is 32.2. The molecule has 136 valence electrons. The molecule has 0 spiro atoms. The van der Waals surface area contributed by atoms with Gasteiger partial charge in [0.25, 0.3) is 22.4 Å². The number of nitrogens with zero attached hydrogens (tertiary/aromatic N) is 5. The molecule has 3 N–H and O–H groups in total. The lowest BCUT2D eigenvalue weighted by molar-refractivity contribution is 0.146. The van der Waals surface area contributed by atoms with Crippen LogP contribution in [0.25, 0.3) is 5.78 Å². The Bertz CT molecular complexity index is 903. The molecule has 1 saturated carbocycles. The third-order valence-electron chi connectivity index (χ3n) is 5.01. The van der Waals surface area contributed by atoms with Crippen molar-refractivity contribution in [3.05, 3.63) is 18.1 Å². The van der Waals surface area contributed by atoms with Gasteiger partial charge >= 0.3 is 0 Å². The summed E-state index contributed by atoms with van der Waals surface area (Å²) in [6.45, 7) is 0.939. The molecule has 2 bridgehead atoms. The van der Waals surface area contributed by atoms with Crippen LogP contribution in [0.2, 0.25) is 0 Å². The van der Waals surface area contributed by atoms with E-state index in [9.17, 15) is 17.2 Å². The summed E-state index contributed by atoms with van der Waals surface area (Å²) in [5.41, 5.74) is -0.364. The zero-order valence-electron chi connectivity index (χ0n) is 13.1. The Kier molecular flexibility index (Phi) is 3.85. The maximum absolute atomic E-state index is 13.0. The average Bonchev–Trinajstić information content (AvgIpc) is 3.25. The lowest BCUT2D eigenvalue weighted by Gasteiger charge is -2.29. The van der Waals surface area contributed by atoms with E-state index >= 15 is 0 Å².